The predicted octanol–water partition coefficient (Wildman–Crippen LogP) is 2.66. The Balaban J connectivity index is 1.42. The van der Waals surface area contributed by atoms with Gasteiger partial charge in [0.15, 0.2) is 5.69 Å². The number of halogens is 3. The monoisotopic (exact) mass is 554 g/mol. The Labute approximate surface area is 226 Å². The Morgan fingerprint density at radius 2 is 1.85 bits per heavy atom. The first-order valence-electron chi connectivity index (χ1n) is 12.2. The van der Waals surface area contributed by atoms with Gasteiger partial charge in [0, 0.05) is 67.4 Å². The summed E-state index contributed by atoms with van der Waals surface area (Å²) in [4.78, 5) is 34.0. The lowest BCUT2D eigenvalue weighted by atomic mass is 10.0. The molecular weight excluding hydrogens is 529 g/mol. The zero-order chi connectivity index (χ0) is 28.4. The van der Waals surface area contributed by atoms with Gasteiger partial charge in [0.1, 0.15) is 18.3 Å². The molecule has 40 heavy (non-hydrogen) atoms. The van der Waals surface area contributed by atoms with E-state index in [1.54, 1.807) is 19.4 Å². The molecule has 1 aliphatic heterocycles. The van der Waals surface area contributed by atoms with Crippen LogP contribution in [0.2, 0.25) is 0 Å². The summed E-state index contributed by atoms with van der Waals surface area (Å²) in [5.74, 6) is -0.991. The topological polar surface area (TPSA) is 144 Å². The Hall–Kier alpha value is -4.63. The highest BCUT2D eigenvalue weighted by Gasteiger charge is 2.35. The van der Waals surface area contributed by atoms with Gasteiger partial charge in [-0.05, 0) is 31.2 Å². The molecule has 4 N–H and O–H groups in total. The van der Waals surface area contributed by atoms with Crippen LogP contribution in [0.3, 0.4) is 0 Å². The van der Waals surface area contributed by atoms with Crippen LogP contribution < -0.4 is 21.5 Å². The van der Waals surface area contributed by atoms with Crippen molar-refractivity contribution < 1.29 is 22.8 Å². The summed E-state index contributed by atoms with van der Waals surface area (Å²) in [5, 5.41) is 13.9. The Morgan fingerprint density at radius 3 is 2.50 bits per heavy atom. The second-order valence-electron chi connectivity index (χ2n) is 9.32. The van der Waals surface area contributed by atoms with Crippen molar-refractivity contribution >= 4 is 17.6 Å². The van der Waals surface area contributed by atoms with Gasteiger partial charge in [-0.2, -0.15) is 23.4 Å². The van der Waals surface area contributed by atoms with E-state index in [0.29, 0.717) is 12.0 Å². The molecule has 1 aliphatic rings. The van der Waals surface area contributed by atoms with Gasteiger partial charge in [-0.3, -0.25) is 19.7 Å². The molecule has 4 heterocycles. The molecule has 0 radical (unpaired) electrons. The number of hydrogen-bond acceptors (Lipinski definition) is 8. The van der Waals surface area contributed by atoms with E-state index in [1.807, 2.05) is 6.92 Å². The van der Waals surface area contributed by atoms with Crippen LogP contribution in [0.5, 0.6) is 0 Å². The largest absolute Gasteiger partial charge is 0.417 e. The van der Waals surface area contributed by atoms with Gasteiger partial charge in [0.25, 0.3) is 11.8 Å². The first kappa shape index (κ1) is 27.0. The molecule has 15 heteroatoms. The summed E-state index contributed by atoms with van der Waals surface area (Å²) in [6.07, 6.45) is 1.57. The van der Waals surface area contributed by atoms with Crippen molar-refractivity contribution in [1.82, 2.24) is 45.7 Å². The van der Waals surface area contributed by atoms with Gasteiger partial charge in [-0.25, -0.2) is 20.1 Å². The first-order chi connectivity index (χ1) is 19.1. The van der Waals surface area contributed by atoms with Gasteiger partial charge in [0.2, 0.25) is 0 Å². The maximum absolute atomic E-state index is 13.7. The highest BCUT2D eigenvalue weighted by molar-refractivity contribution is 6.05. The standard InChI is InChI=1S/C25H25F3N10O2/c1-14-7-22(34-33-14)38-21(9-20(36-38)24(40)31-12-15-10-29-13-30-11-15)32-23(39)16-3-4-18(25(26,27)28)17(8-16)19-5-6-37(2)35-19/h3-6,8-11,13-14,22,33-34H,7,12H2,1-2H3,(H,31,40)(H,32,39). The van der Waals surface area contributed by atoms with Crippen LogP contribution in [0.15, 0.2) is 55.2 Å². The van der Waals surface area contributed by atoms with E-state index in [2.05, 4.69) is 41.7 Å². The van der Waals surface area contributed by atoms with E-state index in [4.69, 9.17) is 0 Å². The molecule has 0 spiro atoms. The van der Waals surface area contributed by atoms with Gasteiger partial charge in [-0.1, -0.05) is 0 Å². The van der Waals surface area contributed by atoms with Crippen molar-refractivity contribution in [3.63, 3.8) is 0 Å². The summed E-state index contributed by atoms with van der Waals surface area (Å²) < 4.78 is 44.0. The number of anilines is 1. The van der Waals surface area contributed by atoms with Gasteiger partial charge in [0.05, 0.1) is 11.3 Å². The quantitative estimate of drug-likeness (QED) is 0.273. The number of alkyl halides is 3. The highest BCUT2D eigenvalue weighted by atomic mass is 19.4. The lowest BCUT2D eigenvalue weighted by molar-refractivity contribution is -0.137. The fraction of sp³-hybridized carbons (Fsp3) is 0.280. The number of carbonyl (C=O) groups excluding carboxylic acids is 2. The van der Waals surface area contributed by atoms with Crippen molar-refractivity contribution in [3.05, 3.63) is 77.6 Å². The molecule has 3 aromatic heterocycles. The second kappa shape index (κ2) is 10.9. The number of benzene rings is 1. The molecule has 2 unspecified atom stereocenters. The second-order valence-corrected chi connectivity index (χ2v) is 9.32. The van der Waals surface area contributed by atoms with Crippen molar-refractivity contribution in [2.75, 3.05) is 5.32 Å². The molecule has 5 rings (SSSR count). The minimum absolute atomic E-state index is 0.0256. The van der Waals surface area contributed by atoms with Crippen LogP contribution in [0.4, 0.5) is 19.0 Å². The SMILES string of the molecule is CC1CC(n2nc(C(=O)NCc3cncnc3)cc2NC(=O)c2ccc(C(F)(F)F)c(-c3ccn(C)n3)c2)NN1. The smallest absolute Gasteiger partial charge is 0.346 e. The molecule has 1 aromatic carbocycles. The number of rotatable bonds is 7. The zero-order valence-corrected chi connectivity index (χ0v) is 21.4. The number of hydrazine groups is 1. The average molecular weight is 555 g/mol. The number of nitrogens with zero attached hydrogens (tertiary/aromatic N) is 6. The molecule has 12 nitrogen and oxygen atoms in total. The number of aromatic nitrogens is 6. The van der Waals surface area contributed by atoms with Crippen molar-refractivity contribution in [2.45, 2.75) is 38.3 Å². The number of hydrogen-bond donors (Lipinski definition) is 4. The zero-order valence-electron chi connectivity index (χ0n) is 21.4. The van der Waals surface area contributed by atoms with Gasteiger partial charge < -0.3 is 10.6 Å². The number of nitrogens with one attached hydrogen (secondary N) is 4. The van der Waals surface area contributed by atoms with Crippen LogP contribution in [0, 0.1) is 0 Å². The van der Waals surface area contributed by atoms with E-state index in [9.17, 15) is 22.8 Å². The Morgan fingerprint density at radius 1 is 1.07 bits per heavy atom. The maximum Gasteiger partial charge on any atom is 0.417 e. The van der Waals surface area contributed by atoms with E-state index < -0.39 is 29.7 Å². The Kier molecular flexibility index (Phi) is 7.32. The summed E-state index contributed by atoms with van der Waals surface area (Å²) in [5.41, 5.74) is 5.75. The fourth-order valence-corrected chi connectivity index (χ4v) is 4.27. The third-order valence-electron chi connectivity index (χ3n) is 6.22. The number of aryl methyl sites for hydroxylation is 1. The first-order valence-corrected chi connectivity index (χ1v) is 12.2. The lowest BCUT2D eigenvalue weighted by Crippen LogP contribution is -2.32. The molecule has 0 saturated carbocycles. The van der Waals surface area contributed by atoms with Gasteiger partial charge >= 0.3 is 6.18 Å². The summed E-state index contributed by atoms with van der Waals surface area (Å²) >= 11 is 0. The minimum Gasteiger partial charge on any atom is -0.346 e. The maximum atomic E-state index is 13.7. The van der Waals surface area contributed by atoms with Crippen LogP contribution in [0.1, 0.15) is 51.5 Å². The van der Waals surface area contributed by atoms with E-state index in [1.165, 1.54) is 34.0 Å². The number of carbonyl (C=O) groups is 2. The third kappa shape index (κ3) is 5.84. The molecule has 0 aliphatic carbocycles. The molecular formula is C25H25F3N10O2. The summed E-state index contributed by atoms with van der Waals surface area (Å²) in [6, 6.07) is 6.03. The average Bonchev–Trinajstić information content (AvgIpc) is 3.67. The molecule has 4 aromatic rings. The van der Waals surface area contributed by atoms with Crippen LogP contribution >= 0.6 is 0 Å². The minimum atomic E-state index is -4.65. The molecule has 208 valence electrons. The van der Waals surface area contributed by atoms with E-state index >= 15 is 0 Å². The molecule has 2 atom stereocenters. The molecule has 1 saturated heterocycles. The molecule has 0 bridgehead atoms. The third-order valence-corrected chi connectivity index (χ3v) is 6.22. The lowest BCUT2D eigenvalue weighted by Gasteiger charge is -2.16. The summed E-state index contributed by atoms with van der Waals surface area (Å²) in [7, 11) is 1.59. The Bertz CT molecular complexity index is 1530. The predicted molar refractivity (Wildman–Crippen MR) is 136 cm³/mol. The van der Waals surface area contributed by atoms with Crippen LogP contribution in [0.25, 0.3) is 11.3 Å². The highest BCUT2D eigenvalue weighted by Crippen LogP contribution is 2.37. The molecule has 2 amide bonds. The van der Waals surface area contributed by atoms with Crippen molar-refractivity contribution in [2.24, 2.45) is 7.05 Å². The molecule has 1 fully saturated rings. The van der Waals surface area contributed by atoms with E-state index in [0.717, 1.165) is 18.2 Å². The van der Waals surface area contributed by atoms with Crippen molar-refractivity contribution in [3.8, 4) is 11.3 Å². The normalized spacial score (nSPS) is 17.1. The van der Waals surface area contributed by atoms with Crippen LogP contribution in [-0.2, 0) is 19.8 Å². The van der Waals surface area contributed by atoms with Crippen molar-refractivity contribution in [1.29, 1.82) is 0 Å². The van der Waals surface area contributed by atoms with Gasteiger partial charge in [-0.15, -0.1) is 0 Å². The summed E-state index contributed by atoms with van der Waals surface area (Å²) in [6.45, 7) is 2.11. The fourth-order valence-electron chi connectivity index (χ4n) is 4.27. The van der Waals surface area contributed by atoms with Crippen LogP contribution in [-0.4, -0.2) is 47.4 Å². The number of amides is 2. The van der Waals surface area contributed by atoms with E-state index in [-0.39, 0.29) is 40.9 Å².